The summed E-state index contributed by atoms with van der Waals surface area (Å²) in [6.45, 7) is 0. The van der Waals surface area contributed by atoms with Gasteiger partial charge in [-0.2, -0.15) is 0 Å². The maximum Gasteiger partial charge on any atom is 0.337 e. The van der Waals surface area contributed by atoms with Gasteiger partial charge in [-0.1, -0.05) is 18.2 Å². The zero-order valence-corrected chi connectivity index (χ0v) is 12.9. The smallest absolute Gasteiger partial charge is 0.337 e. The van der Waals surface area contributed by atoms with E-state index in [9.17, 15) is 4.79 Å². The number of allylic oxidation sites excluding steroid dienone is 1. The number of methoxy groups -OCH3 is 1. The van der Waals surface area contributed by atoms with Crippen LogP contribution in [0.1, 0.15) is 15.9 Å². The first-order valence-corrected chi connectivity index (χ1v) is 7.47. The molecule has 2 heterocycles. The molecule has 5 nitrogen and oxygen atoms in total. The van der Waals surface area contributed by atoms with Gasteiger partial charge >= 0.3 is 5.97 Å². The van der Waals surface area contributed by atoms with E-state index in [1.54, 1.807) is 18.3 Å². The van der Waals surface area contributed by atoms with Crippen LogP contribution in [0.4, 0.5) is 5.69 Å². The molecule has 1 aliphatic rings. The molecule has 0 bridgehead atoms. The third kappa shape index (κ3) is 2.46. The van der Waals surface area contributed by atoms with Gasteiger partial charge < -0.3 is 14.5 Å². The van der Waals surface area contributed by atoms with Crippen LogP contribution in [0.2, 0.25) is 0 Å². The minimum atomic E-state index is -0.356. The number of benzene rings is 2. The Kier molecular flexibility index (Phi) is 3.39. The number of rotatable bonds is 2. The maximum absolute atomic E-state index is 11.6. The lowest BCUT2D eigenvalue weighted by atomic mass is 10.1. The van der Waals surface area contributed by atoms with Crippen LogP contribution in [0.15, 0.2) is 59.4 Å². The molecule has 118 valence electrons. The molecule has 0 spiro atoms. The number of carbonyl (C=O) groups is 1. The van der Waals surface area contributed by atoms with Crippen molar-refractivity contribution < 1.29 is 14.3 Å². The molecule has 0 radical (unpaired) electrons. The highest BCUT2D eigenvalue weighted by molar-refractivity contribution is 5.98. The summed E-state index contributed by atoms with van der Waals surface area (Å²) in [5.74, 6) is 1.04. The van der Waals surface area contributed by atoms with Crippen molar-refractivity contribution >= 4 is 34.9 Å². The first kappa shape index (κ1) is 14.3. The van der Waals surface area contributed by atoms with Gasteiger partial charge in [0, 0.05) is 22.7 Å². The van der Waals surface area contributed by atoms with E-state index < -0.39 is 0 Å². The lowest BCUT2D eigenvalue weighted by Crippen LogP contribution is -2.01. The van der Waals surface area contributed by atoms with E-state index >= 15 is 0 Å². The average molecular weight is 318 g/mol. The summed E-state index contributed by atoms with van der Waals surface area (Å²) in [5, 5.41) is 0.992. The number of nitrogens with zero attached hydrogens (tertiary/aromatic N) is 1. The van der Waals surface area contributed by atoms with Crippen LogP contribution in [0, 0.1) is 0 Å². The van der Waals surface area contributed by atoms with E-state index in [1.165, 1.54) is 7.11 Å². The molecule has 0 aliphatic carbocycles. The standard InChI is InChI=1S/C19H14N2O3/c1-23-19(22)12-6-7-15-13(10-20-17(15)9-12)8-14-11-21-16-4-2-3-5-18(16)24-14/h2-11,20H,1H3. The van der Waals surface area contributed by atoms with E-state index in [4.69, 9.17) is 9.47 Å². The number of hydrogen-bond acceptors (Lipinski definition) is 4. The number of H-pyrrole nitrogens is 1. The fourth-order valence-electron chi connectivity index (χ4n) is 2.67. The van der Waals surface area contributed by atoms with Gasteiger partial charge in [-0.15, -0.1) is 0 Å². The summed E-state index contributed by atoms with van der Waals surface area (Å²) in [5.41, 5.74) is 3.15. The second-order valence-electron chi connectivity index (χ2n) is 5.37. The Balaban J connectivity index is 1.70. The van der Waals surface area contributed by atoms with E-state index in [0.29, 0.717) is 11.3 Å². The average Bonchev–Trinajstić information content (AvgIpc) is 3.03. The zero-order valence-electron chi connectivity index (χ0n) is 12.9. The minimum Gasteiger partial charge on any atom is -0.465 e. The monoisotopic (exact) mass is 318 g/mol. The highest BCUT2D eigenvalue weighted by Gasteiger charge is 2.12. The van der Waals surface area contributed by atoms with E-state index in [-0.39, 0.29) is 5.97 Å². The number of aromatic nitrogens is 1. The van der Waals surface area contributed by atoms with Crippen LogP contribution >= 0.6 is 0 Å². The molecule has 24 heavy (non-hydrogen) atoms. The van der Waals surface area contributed by atoms with Crippen molar-refractivity contribution in [3.05, 3.63) is 65.5 Å². The Morgan fingerprint density at radius 1 is 1.25 bits per heavy atom. The number of fused-ring (bicyclic) bond motifs is 2. The number of carbonyl (C=O) groups excluding carboxylic acids is 1. The third-order valence-corrected chi connectivity index (χ3v) is 3.86. The first-order chi connectivity index (χ1) is 11.7. The van der Waals surface area contributed by atoms with Crippen molar-refractivity contribution in [3.8, 4) is 5.75 Å². The zero-order chi connectivity index (χ0) is 16.5. The van der Waals surface area contributed by atoms with Gasteiger partial charge in [-0.05, 0) is 30.3 Å². The third-order valence-electron chi connectivity index (χ3n) is 3.86. The molecule has 0 saturated heterocycles. The Morgan fingerprint density at radius 2 is 2.12 bits per heavy atom. The second kappa shape index (κ2) is 5.70. The SMILES string of the molecule is COC(=O)c1ccc2c(C=C3C=Nc4ccccc4O3)c[nH]c2c1. The van der Waals surface area contributed by atoms with E-state index in [1.807, 2.05) is 42.6 Å². The highest BCUT2D eigenvalue weighted by atomic mass is 16.5. The normalized spacial score (nSPS) is 14.5. The Hall–Kier alpha value is -3.34. The van der Waals surface area contributed by atoms with Crippen LogP contribution in [0.5, 0.6) is 5.75 Å². The van der Waals surface area contributed by atoms with Gasteiger partial charge in [0.05, 0.1) is 18.9 Å². The fourth-order valence-corrected chi connectivity index (χ4v) is 2.67. The molecule has 4 rings (SSSR count). The lowest BCUT2D eigenvalue weighted by Gasteiger charge is -2.13. The highest BCUT2D eigenvalue weighted by Crippen LogP contribution is 2.32. The van der Waals surface area contributed by atoms with E-state index in [0.717, 1.165) is 27.9 Å². The van der Waals surface area contributed by atoms with Crippen LogP contribution in [-0.2, 0) is 4.74 Å². The van der Waals surface area contributed by atoms with Crippen molar-refractivity contribution in [1.82, 2.24) is 4.98 Å². The lowest BCUT2D eigenvalue weighted by molar-refractivity contribution is 0.0601. The summed E-state index contributed by atoms with van der Waals surface area (Å²) >= 11 is 0. The summed E-state index contributed by atoms with van der Waals surface area (Å²) in [6.07, 6.45) is 5.48. The molecule has 0 unspecified atom stereocenters. The first-order valence-electron chi connectivity index (χ1n) is 7.47. The Labute approximate surface area is 138 Å². The predicted molar refractivity (Wildman–Crippen MR) is 92.8 cm³/mol. The molecule has 5 heteroatoms. The number of nitrogens with one attached hydrogen (secondary N) is 1. The summed E-state index contributed by atoms with van der Waals surface area (Å²) in [7, 11) is 1.37. The van der Waals surface area contributed by atoms with Gasteiger partial charge in [0.2, 0.25) is 0 Å². The van der Waals surface area contributed by atoms with Crippen LogP contribution in [0.3, 0.4) is 0 Å². The molecule has 3 aromatic rings. The number of esters is 1. The quantitative estimate of drug-likeness (QED) is 0.724. The van der Waals surface area contributed by atoms with Gasteiger partial charge in [-0.3, -0.25) is 0 Å². The number of hydrogen-bond donors (Lipinski definition) is 1. The Morgan fingerprint density at radius 3 is 3.00 bits per heavy atom. The fraction of sp³-hybridized carbons (Fsp3) is 0.0526. The number of aliphatic imine (C=N–C) groups is 1. The number of para-hydroxylation sites is 2. The molecule has 1 aliphatic heterocycles. The summed E-state index contributed by atoms with van der Waals surface area (Å²) in [6, 6.07) is 13.0. The van der Waals surface area contributed by atoms with Crippen molar-refractivity contribution in [2.45, 2.75) is 0 Å². The Bertz CT molecular complexity index is 999. The molecule has 0 saturated carbocycles. The van der Waals surface area contributed by atoms with E-state index in [2.05, 4.69) is 9.98 Å². The van der Waals surface area contributed by atoms with Crippen LogP contribution in [-0.4, -0.2) is 24.3 Å². The van der Waals surface area contributed by atoms with Crippen molar-refractivity contribution in [3.63, 3.8) is 0 Å². The van der Waals surface area contributed by atoms with Gasteiger partial charge in [0.25, 0.3) is 0 Å². The molecule has 1 N–H and O–H groups in total. The maximum atomic E-state index is 11.6. The molecular formula is C19H14N2O3. The van der Waals surface area contributed by atoms with Crippen molar-refractivity contribution in [1.29, 1.82) is 0 Å². The predicted octanol–water partition coefficient (Wildman–Crippen LogP) is 4.09. The molecule has 2 aromatic carbocycles. The van der Waals surface area contributed by atoms with Gasteiger partial charge in [0.15, 0.2) is 5.75 Å². The topological polar surface area (TPSA) is 63.7 Å². The molecule has 0 amide bonds. The molecular weight excluding hydrogens is 304 g/mol. The van der Waals surface area contributed by atoms with Gasteiger partial charge in [0.1, 0.15) is 11.4 Å². The van der Waals surface area contributed by atoms with Crippen molar-refractivity contribution in [2.75, 3.05) is 7.11 Å². The van der Waals surface area contributed by atoms with Crippen molar-refractivity contribution in [2.24, 2.45) is 4.99 Å². The van der Waals surface area contributed by atoms with Gasteiger partial charge in [-0.25, -0.2) is 9.79 Å². The molecule has 0 atom stereocenters. The van der Waals surface area contributed by atoms with Crippen LogP contribution in [0.25, 0.3) is 17.0 Å². The number of aromatic amines is 1. The summed E-state index contributed by atoms with van der Waals surface area (Å²) in [4.78, 5) is 19.2. The summed E-state index contributed by atoms with van der Waals surface area (Å²) < 4.78 is 10.6. The largest absolute Gasteiger partial charge is 0.465 e. The minimum absolute atomic E-state index is 0.356. The van der Waals surface area contributed by atoms with Crippen LogP contribution < -0.4 is 4.74 Å². The molecule has 0 fully saturated rings. The molecule has 1 aromatic heterocycles. The number of ether oxygens (including phenoxy) is 2. The second-order valence-corrected chi connectivity index (χ2v) is 5.37.